The van der Waals surface area contributed by atoms with E-state index in [1.54, 1.807) is 32.6 Å². The number of rotatable bonds is 3. The highest BCUT2D eigenvalue weighted by atomic mass is 79.9. The van der Waals surface area contributed by atoms with Gasteiger partial charge >= 0.3 is 12.3 Å². The Morgan fingerprint density at radius 3 is 2.50 bits per heavy atom. The van der Waals surface area contributed by atoms with E-state index in [1.807, 2.05) is 0 Å². The number of halogens is 5. The van der Waals surface area contributed by atoms with Crippen molar-refractivity contribution in [1.29, 1.82) is 0 Å². The number of aromatic nitrogens is 4. The SMILES string of the molecule is CC1OC2(CCN(C(=O)OC(C)(C)C)CC2)c2c1n(CC(=O)Nc1ccc(C(F)(F)F)cc1Cl)c1nc(Br)nn1c2=O. The van der Waals surface area contributed by atoms with Gasteiger partial charge in [-0.15, -0.1) is 5.10 Å². The van der Waals surface area contributed by atoms with Crippen molar-refractivity contribution in [2.24, 2.45) is 0 Å². The van der Waals surface area contributed by atoms with Crippen LogP contribution in [0.2, 0.25) is 5.02 Å². The Balaban J connectivity index is 1.48. The number of nitrogens with zero attached hydrogens (tertiary/aromatic N) is 5. The number of likely N-dealkylation sites (tertiary alicyclic amines) is 1. The molecule has 0 bridgehead atoms. The fourth-order valence-electron chi connectivity index (χ4n) is 5.38. The summed E-state index contributed by atoms with van der Waals surface area (Å²) >= 11 is 9.22. The average molecular weight is 676 g/mol. The van der Waals surface area contributed by atoms with E-state index in [0.717, 1.165) is 22.7 Å². The first-order valence-corrected chi connectivity index (χ1v) is 14.2. The minimum atomic E-state index is -4.59. The smallest absolute Gasteiger partial charge is 0.416 e. The molecule has 0 radical (unpaired) electrons. The Labute approximate surface area is 251 Å². The highest BCUT2D eigenvalue weighted by Crippen LogP contribution is 2.48. The van der Waals surface area contributed by atoms with Gasteiger partial charge in [-0.25, -0.2) is 4.79 Å². The molecule has 1 N–H and O–H groups in total. The number of carbonyl (C=O) groups is 2. The molecule has 1 atom stereocenters. The first-order chi connectivity index (χ1) is 19.5. The van der Waals surface area contributed by atoms with Gasteiger partial charge in [-0.2, -0.15) is 22.7 Å². The van der Waals surface area contributed by atoms with Crippen LogP contribution >= 0.6 is 27.5 Å². The molecule has 1 spiro atoms. The molecule has 16 heteroatoms. The summed E-state index contributed by atoms with van der Waals surface area (Å²) in [5.74, 6) is -0.561. The number of alkyl halides is 3. The summed E-state index contributed by atoms with van der Waals surface area (Å²) in [6.45, 7) is 7.25. The molecule has 2 aromatic heterocycles. The molecule has 11 nitrogen and oxygen atoms in total. The maximum atomic E-state index is 13.8. The highest BCUT2D eigenvalue weighted by Gasteiger charge is 2.50. The molecule has 3 aromatic rings. The molecule has 1 unspecified atom stereocenters. The number of nitrogens with one attached hydrogen (secondary N) is 1. The molecule has 4 heterocycles. The molecule has 1 aromatic carbocycles. The van der Waals surface area contributed by atoms with E-state index in [1.165, 1.54) is 4.57 Å². The lowest BCUT2D eigenvalue weighted by Gasteiger charge is -2.39. The quantitative estimate of drug-likeness (QED) is 0.401. The van der Waals surface area contributed by atoms with Crippen molar-refractivity contribution in [3.8, 4) is 0 Å². The van der Waals surface area contributed by atoms with Gasteiger partial charge in [0.15, 0.2) is 0 Å². The van der Waals surface area contributed by atoms with Crippen molar-refractivity contribution >= 4 is 51.0 Å². The van der Waals surface area contributed by atoms with Gasteiger partial charge in [-0.3, -0.25) is 9.59 Å². The molecule has 2 aliphatic rings. The lowest BCUT2D eigenvalue weighted by atomic mass is 9.85. The van der Waals surface area contributed by atoms with E-state index >= 15 is 0 Å². The first-order valence-electron chi connectivity index (χ1n) is 13.0. The van der Waals surface area contributed by atoms with Crippen LogP contribution < -0.4 is 10.9 Å². The summed E-state index contributed by atoms with van der Waals surface area (Å²) in [7, 11) is 0. The molecule has 1 fully saturated rings. The Kier molecular flexibility index (Phi) is 7.59. The number of anilines is 1. The van der Waals surface area contributed by atoms with Crippen molar-refractivity contribution in [2.75, 3.05) is 18.4 Å². The number of carbonyl (C=O) groups excluding carboxylic acids is 2. The summed E-state index contributed by atoms with van der Waals surface area (Å²) < 4.78 is 53.7. The topological polar surface area (TPSA) is 120 Å². The van der Waals surface area contributed by atoms with Crippen LogP contribution in [0.25, 0.3) is 5.78 Å². The van der Waals surface area contributed by atoms with Crippen LogP contribution in [-0.2, 0) is 32.6 Å². The third-order valence-electron chi connectivity index (χ3n) is 7.10. The largest absolute Gasteiger partial charge is 0.444 e. The molecule has 0 saturated carbocycles. The molecule has 2 amide bonds. The minimum absolute atomic E-state index is 0.0127. The van der Waals surface area contributed by atoms with Crippen molar-refractivity contribution in [3.05, 3.63) is 55.1 Å². The number of ether oxygens (including phenoxy) is 2. The van der Waals surface area contributed by atoms with E-state index in [4.69, 9.17) is 21.1 Å². The van der Waals surface area contributed by atoms with Crippen LogP contribution in [0.4, 0.5) is 23.7 Å². The van der Waals surface area contributed by atoms with E-state index < -0.39 is 46.6 Å². The van der Waals surface area contributed by atoms with Crippen LogP contribution in [0.15, 0.2) is 27.7 Å². The third-order valence-corrected chi connectivity index (χ3v) is 7.75. The zero-order valence-corrected chi connectivity index (χ0v) is 25.4. The Hall–Kier alpha value is -3.17. The second-order valence-corrected chi connectivity index (χ2v) is 12.3. The van der Waals surface area contributed by atoms with E-state index in [-0.39, 0.29) is 40.9 Å². The molecule has 2 aliphatic heterocycles. The number of hydrogen-bond acceptors (Lipinski definition) is 7. The maximum absolute atomic E-state index is 13.8. The summed E-state index contributed by atoms with van der Waals surface area (Å²) in [5.41, 5.74) is -2.41. The molecule has 5 rings (SSSR count). The molecule has 0 aliphatic carbocycles. The molecule has 226 valence electrons. The third kappa shape index (κ3) is 5.61. The van der Waals surface area contributed by atoms with E-state index in [2.05, 4.69) is 31.3 Å². The number of piperidine rings is 1. The van der Waals surface area contributed by atoms with Crippen molar-refractivity contribution < 1.29 is 32.2 Å². The second kappa shape index (κ2) is 10.5. The molecule has 42 heavy (non-hydrogen) atoms. The monoisotopic (exact) mass is 674 g/mol. The summed E-state index contributed by atoms with van der Waals surface area (Å²) in [4.78, 5) is 45.5. The first kappa shape index (κ1) is 30.3. The Morgan fingerprint density at radius 2 is 1.90 bits per heavy atom. The van der Waals surface area contributed by atoms with E-state index in [0.29, 0.717) is 24.1 Å². The lowest BCUT2D eigenvalue weighted by Crippen LogP contribution is -2.48. The van der Waals surface area contributed by atoms with Gasteiger partial charge in [0.2, 0.25) is 16.4 Å². The van der Waals surface area contributed by atoms with Gasteiger partial charge in [0, 0.05) is 13.1 Å². The summed E-state index contributed by atoms with van der Waals surface area (Å²) in [5, 5.41) is 6.41. The van der Waals surface area contributed by atoms with Crippen molar-refractivity contribution in [1.82, 2.24) is 24.1 Å². The zero-order chi connectivity index (χ0) is 30.8. The van der Waals surface area contributed by atoms with Gasteiger partial charge in [0.1, 0.15) is 17.7 Å². The van der Waals surface area contributed by atoms with Gasteiger partial charge in [0.05, 0.1) is 33.6 Å². The van der Waals surface area contributed by atoms with Crippen molar-refractivity contribution in [2.45, 2.75) is 70.6 Å². The number of amides is 2. The van der Waals surface area contributed by atoms with Crippen LogP contribution in [0.5, 0.6) is 0 Å². The molecule has 1 saturated heterocycles. The number of hydrogen-bond donors (Lipinski definition) is 1. The van der Waals surface area contributed by atoms with Gasteiger partial charge in [-0.05, 0) is 74.7 Å². The van der Waals surface area contributed by atoms with Crippen molar-refractivity contribution in [3.63, 3.8) is 0 Å². The summed E-state index contributed by atoms with van der Waals surface area (Å²) in [6, 6.07) is 2.61. The van der Waals surface area contributed by atoms with Gasteiger partial charge in [-0.1, -0.05) is 11.6 Å². The fraction of sp³-hybridized carbons (Fsp3) is 0.500. The highest BCUT2D eigenvalue weighted by molar-refractivity contribution is 9.10. The zero-order valence-electron chi connectivity index (χ0n) is 23.0. The average Bonchev–Trinajstić information content (AvgIpc) is 3.39. The lowest BCUT2D eigenvalue weighted by molar-refractivity contribution is -0.137. The Bertz CT molecular complexity index is 1640. The minimum Gasteiger partial charge on any atom is -0.444 e. The normalized spacial score (nSPS) is 18.4. The Morgan fingerprint density at radius 1 is 1.24 bits per heavy atom. The van der Waals surface area contributed by atoms with E-state index in [9.17, 15) is 27.6 Å². The second-order valence-electron chi connectivity index (χ2n) is 11.2. The predicted octanol–water partition coefficient (Wildman–Crippen LogP) is 5.28. The number of benzene rings is 1. The van der Waals surface area contributed by atoms with Crippen LogP contribution in [0, 0.1) is 0 Å². The molecular weight excluding hydrogens is 649 g/mol. The maximum Gasteiger partial charge on any atom is 0.416 e. The van der Waals surface area contributed by atoms with Gasteiger partial charge in [0.25, 0.3) is 5.56 Å². The predicted molar refractivity (Wildman–Crippen MR) is 148 cm³/mol. The number of fused-ring (bicyclic) bond motifs is 3. The van der Waals surface area contributed by atoms with Crippen LogP contribution in [-0.4, -0.2) is 54.8 Å². The van der Waals surface area contributed by atoms with Gasteiger partial charge < -0.3 is 24.3 Å². The molecular formula is C26H27BrClF3N6O5. The van der Waals surface area contributed by atoms with Crippen LogP contribution in [0.1, 0.15) is 63.5 Å². The standard InChI is InChI=1S/C26H27BrClF3N6O5/c1-13-19-18(25(41-13)7-9-35(10-8-25)23(40)42-24(2,3)4)20(39)37-22(33-21(27)34-37)36(19)12-17(38)32-16-6-5-14(11-15(16)28)26(29,30)31/h5-6,11,13H,7-10,12H2,1-4H3,(H,32,38). The van der Waals surface area contributed by atoms with Crippen LogP contribution in [0.3, 0.4) is 0 Å². The summed E-state index contributed by atoms with van der Waals surface area (Å²) in [6.07, 6.45) is -5.09. The fourth-order valence-corrected chi connectivity index (χ4v) is 5.92.